The highest BCUT2D eigenvalue weighted by Gasteiger charge is 2.18. The van der Waals surface area contributed by atoms with E-state index in [1.165, 1.54) is 4.90 Å². The number of hydrogen-bond donors (Lipinski definition) is 1. The van der Waals surface area contributed by atoms with Crippen LogP contribution in [0.2, 0.25) is 0 Å². The standard InChI is InChI=1S/C14H20N2O2/c1-5-10-16(11(2)3)13-9-7-6-8-12(13)15(4)14(17)18/h5-9,11H,1,10H2,2-4H3,(H,17,18). The van der Waals surface area contributed by atoms with E-state index in [0.29, 0.717) is 12.2 Å². The van der Waals surface area contributed by atoms with Gasteiger partial charge >= 0.3 is 6.09 Å². The van der Waals surface area contributed by atoms with Gasteiger partial charge in [-0.15, -0.1) is 6.58 Å². The number of nitrogens with zero attached hydrogens (tertiary/aromatic N) is 2. The fourth-order valence-electron chi connectivity index (χ4n) is 1.82. The minimum Gasteiger partial charge on any atom is -0.465 e. The zero-order valence-electron chi connectivity index (χ0n) is 11.1. The Morgan fingerprint density at radius 1 is 1.39 bits per heavy atom. The van der Waals surface area contributed by atoms with Gasteiger partial charge in [0.2, 0.25) is 0 Å². The van der Waals surface area contributed by atoms with Crippen LogP contribution in [-0.4, -0.2) is 30.8 Å². The lowest BCUT2D eigenvalue weighted by Crippen LogP contribution is -2.33. The highest BCUT2D eigenvalue weighted by molar-refractivity contribution is 5.90. The molecule has 0 saturated carbocycles. The lowest BCUT2D eigenvalue weighted by molar-refractivity contribution is 0.203. The van der Waals surface area contributed by atoms with Crippen LogP contribution < -0.4 is 9.80 Å². The van der Waals surface area contributed by atoms with Crippen molar-refractivity contribution in [2.24, 2.45) is 0 Å². The Balaban J connectivity index is 3.21. The van der Waals surface area contributed by atoms with E-state index in [1.54, 1.807) is 7.05 Å². The van der Waals surface area contributed by atoms with Gasteiger partial charge in [-0.3, -0.25) is 4.90 Å². The molecule has 0 aliphatic rings. The lowest BCUT2D eigenvalue weighted by atomic mass is 10.2. The molecule has 0 aromatic heterocycles. The summed E-state index contributed by atoms with van der Waals surface area (Å²) in [5, 5.41) is 9.10. The zero-order chi connectivity index (χ0) is 13.7. The van der Waals surface area contributed by atoms with E-state index in [4.69, 9.17) is 5.11 Å². The maximum Gasteiger partial charge on any atom is 0.411 e. The summed E-state index contributed by atoms with van der Waals surface area (Å²) in [6.07, 6.45) is 0.849. The van der Waals surface area contributed by atoms with Crippen LogP contribution in [0.5, 0.6) is 0 Å². The number of carboxylic acid groups (broad SMARTS) is 1. The molecular formula is C14H20N2O2. The van der Waals surface area contributed by atoms with E-state index in [-0.39, 0.29) is 6.04 Å². The van der Waals surface area contributed by atoms with Crippen LogP contribution in [0.1, 0.15) is 13.8 Å². The predicted molar refractivity (Wildman–Crippen MR) is 75.5 cm³/mol. The Kier molecular flexibility index (Phi) is 4.77. The average Bonchev–Trinajstić information content (AvgIpc) is 2.34. The Morgan fingerprint density at radius 2 is 1.94 bits per heavy atom. The Bertz CT molecular complexity index is 430. The van der Waals surface area contributed by atoms with Gasteiger partial charge in [-0.2, -0.15) is 0 Å². The second kappa shape index (κ2) is 6.10. The summed E-state index contributed by atoms with van der Waals surface area (Å²) >= 11 is 0. The topological polar surface area (TPSA) is 43.8 Å². The third kappa shape index (κ3) is 3.03. The van der Waals surface area contributed by atoms with E-state index >= 15 is 0 Å². The van der Waals surface area contributed by atoms with Gasteiger partial charge in [0, 0.05) is 19.6 Å². The first-order valence-electron chi connectivity index (χ1n) is 5.92. The highest BCUT2D eigenvalue weighted by atomic mass is 16.4. The minimum atomic E-state index is -0.968. The summed E-state index contributed by atoms with van der Waals surface area (Å²) in [4.78, 5) is 14.4. The van der Waals surface area contributed by atoms with Crippen LogP contribution in [0.25, 0.3) is 0 Å². The first-order valence-corrected chi connectivity index (χ1v) is 5.92. The summed E-state index contributed by atoms with van der Waals surface area (Å²) < 4.78 is 0. The molecule has 0 heterocycles. The highest BCUT2D eigenvalue weighted by Crippen LogP contribution is 2.29. The predicted octanol–water partition coefficient (Wildman–Crippen LogP) is 3.20. The molecule has 0 atom stereocenters. The molecule has 0 unspecified atom stereocenters. The van der Waals surface area contributed by atoms with E-state index < -0.39 is 6.09 Å². The molecule has 0 fully saturated rings. The SMILES string of the molecule is C=CCN(c1ccccc1N(C)C(=O)O)C(C)C. The molecule has 1 aromatic rings. The summed E-state index contributed by atoms with van der Waals surface area (Å²) in [6.45, 7) is 8.57. The number of benzene rings is 1. The maximum atomic E-state index is 11.1. The van der Waals surface area contributed by atoms with E-state index in [9.17, 15) is 4.79 Å². The van der Waals surface area contributed by atoms with Crippen LogP contribution in [-0.2, 0) is 0 Å². The first-order chi connectivity index (χ1) is 8.49. The van der Waals surface area contributed by atoms with Crippen molar-refractivity contribution >= 4 is 17.5 Å². The number of rotatable bonds is 5. The molecule has 0 saturated heterocycles. The monoisotopic (exact) mass is 248 g/mol. The van der Waals surface area contributed by atoms with Crippen molar-refractivity contribution < 1.29 is 9.90 Å². The summed E-state index contributed by atoms with van der Waals surface area (Å²) in [7, 11) is 1.55. The minimum absolute atomic E-state index is 0.270. The molecule has 98 valence electrons. The number of hydrogen-bond acceptors (Lipinski definition) is 2. The lowest BCUT2D eigenvalue weighted by Gasteiger charge is -2.31. The largest absolute Gasteiger partial charge is 0.465 e. The van der Waals surface area contributed by atoms with Gasteiger partial charge in [0.25, 0.3) is 0 Å². The fourth-order valence-corrected chi connectivity index (χ4v) is 1.82. The Hall–Kier alpha value is -1.97. The van der Waals surface area contributed by atoms with Gasteiger partial charge < -0.3 is 10.0 Å². The number of amides is 1. The molecule has 0 radical (unpaired) electrons. The van der Waals surface area contributed by atoms with Gasteiger partial charge in [0.15, 0.2) is 0 Å². The van der Waals surface area contributed by atoms with E-state index in [1.807, 2.05) is 30.3 Å². The summed E-state index contributed by atoms with van der Waals surface area (Å²) in [5.41, 5.74) is 1.58. The molecule has 0 spiro atoms. The van der Waals surface area contributed by atoms with Crippen molar-refractivity contribution in [1.29, 1.82) is 0 Å². The van der Waals surface area contributed by atoms with Gasteiger partial charge in [0.05, 0.1) is 11.4 Å². The molecule has 1 N–H and O–H groups in total. The second-order valence-corrected chi connectivity index (χ2v) is 4.37. The molecule has 1 aromatic carbocycles. The molecule has 1 rings (SSSR count). The zero-order valence-corrected chi connectivity index (χ0v) is 11.1. The second-order valence-electron chi connectivity index (χ2n) is 4.37. The maximum absolute atomic E-state index is 11.1. The van der Waals surface area contributed by atoms with Crippen molar-refractivity contribution in [3.63, 3.8) is 0 Å². The number of para-hydroxylation sites is 2. The van der Waals surface area contributed by atoms with Crippen LogP contribution >= 0.6 is 0 Å². The molecular weight excluding hydrogens is 228 g/mol. The van der Waals surface area contributed by atoms with Crippen molar-refractivity contribution in [3.05, 3.63) is 36.9 Å². The van der Waals surface area contributed by atoms with E-state index in [0.717, 1.165) is 5.69 Å². The molecule has 0 aliphatic heterocycles. The van der Waals surface area contributed by atoms with Crippen LogP contribution in [0, 0.1) is 0 Å². The molecule has 4 nitrogen and oxygen atoms in total. The third-order valence-electron chi connectivity index (χ3n) is 2.79. The van der Waals surface area contributed by atoms with Gasteiger partial charge in [-0.05, 0) is 26.0 Å². The molecule has 1 amide bonds. The molecule has 18 heavy (non-hydrogen) atoms. The van der Waals surface area contributed by atoms with Crippen molar-refractivity contribution in [3.8, 4) is 0 Å². The van der Waals surface area contributed by atoms with Crippen LogP contribution in [0.15, 0.2) is 36.9 Å². The average molecular weight is 248 g/mol. The normalized spacial score (nSPS) is 10.2. The van der Waals surface area contributed by atoms with Crippen LogP contribution in [0.3, 0.4) is 0 Å². The smallest absolute Gasteiger partial charge is 0.411 e. The quantitative estimate of drug-likeness (QED) is 0.814. The molecule has 4 heteroatoms. The Morgan fingerprint density at radius 3 is 2.39 bits per heavy atom. The van der Waals surface area contributed by atoms with Crippen LogP contribution in [0.4, 0.5) is 16.2 Å². The number of anilines is 2. The first kappa shape index (κ1) is 14.1. The Labute approximate surface area is 108 Å². The molecule has 0 bridgehead atoms. The molecule has 0 aliphatic carbocycles. The summed E-state index contributed by atoms with van der Waals surface area (Å²) in [6, 6.07) is 7.75. The number of carbonyl (C=O) groups is 1. The van der Waals surface area contributed by atoms with Crippen molar-refractivity contribution in [2.75, 3.05) is 23.4 Å². The fraction of sp³-hybridized carbons (Fsp3) is 0.357. The van der Waals surface area contributed by atoms with Gasteiger partial charge in [-0.1, -0.05) is 18.2 Å². The van der Waals surface area contributed by atoms with Gasteiger partial charge in [0.1, 0.15) is 0 Å². The van der Waals surface area contributed by atoms with E-state index in [2.05, 4.69) is 25.3 Å². The van der Waals surface area contributed by atoms with Crippen molar-refractivity contribution in [1.82, 2.24) is 0 Å². The van der Waals surface area contributed by atoms with Gasteiger partial charge in [-0.25, -0.2) is 4.79 Å². The summed E-state index contributed by atoms with van der Waals surface area (Å²) in [5.74, 6) is 0. The van der Waals surface area contributed by atoms with Crippen molar-refractivity contribution in [2.45, 2.75) is 19.9 Å². The third-order valence-corrected chi connectivity index (χ3v) is 2.79.